The third kappa shape index (κ3) is 6.96. The summed E-state index contributed by atoms with van der Waals surface area (Å²) in [5.41, 5.74) is 1.91. The highest BCUT2D eigenvalue weighted by Gasteiger charge is 2.13. The lowest BCUT2D eigenvalue weighted by Gasteiger charge is -2.11. The van der Waals surface area contributed by atoms with E-state index in [2.05, 4.69) is 10.6 Å². The Morgan fingerprint density at radius 2 is 1.76 bits per heavy atom. The number of halogens is 2. The molecule has 0 spiro atoms. The zero-order chi connectivity index (χ0) is 21.4. The number of esters is 1. The van der Waals surface area contributed by atoms with Gasteiger partial charge in [0.2, 0.25) is 5.91 Å². The van der Waals surface area contributed by atoms with E-state index in [1.54, 1.807) is 6.07 Å². The Labute approximate surface area is 178 Å². The third-order valence-corrected chi connectivity index (χ3v) is 4.39. The van der Waals surface area contributed by atoms with Gasteiger partial charge >= 0.3 is 5.97 Å². The number of carbonyl (C=O) groups is 3. The van der Waals surface area contributed by atoms with Crippen molar-refractivity contribution in [2.45, 2.75) is 13.5 Å². The molecule has 2 rings (SSSR count). The van der Waals surface area contributed by atoms with Crippen molar-refractivity contribution in [2.24, 2.45) is 0 Å². The molecule has 9 heteroatoms. The van der Waals surface area contributed by atoms with Gasteiger partial charge < -0.3 is 20.1 Å². The van der Waals surface area contributed by atoms with Crippen LogP contribution in [0.5, 0.6) is 5.75 Å². The molecule has 0 bridgehead atoms. The van der Waals surface area contributed by atoms with Gasteiger partial charge in [-0.05, 0) is 37.3 Å². The number of carbonyl (C=O) groups excluding carboxylic acids is 3. The maximum Gasteiger partial charge on any atom is 0.325 e. The second kappa shape index (κ2) is 10.7. The maximum atomic E-state index is 12.0. The quantitative estimate of drug-likeness (QED) is 0.617. The molecule has 154 valence electrons. The normalized spacial score (nSPS) is 10.2. The standard InChI is InChI=1S/C20H20Cl2N2O5/c1-12-3-6-17(28-2)13(7-12)11-29-19(26)10-23-18(25)9-24-20(27)15-5-4-14(21)8-16(15)22/h3-8H,9-11H2,1-2H3,(H,23,25)(H,24,27). The van der Waals surface area contributed by atoms with E-state index in [0.717, 1.165) is 11.1 Å². The van der Waals surface area contributed by atoms with Crippen LogP contribution in [0.3, 0.4) is 0 Å². The Morgan fingerprint density at radius 3 is 2.45 bits per heavy atom. The molecule has 2 amide bonds. The Kier molecular flexibility index (Phi) is 8.30. The SMILES string of the molecule is COc1ccc(C)cc1COC(=O)CNC(=O)CNC(=O)c1ccc(Cl)cc1Cl. The van der Waals surface area contributed by atoms with E-state index in [1.807, 2.05) is 19.1 Å². The van der Waals surface area contributed by atoms with Crippen molar-refractivity contribution in [3.8, 4) is 5.75 Å². The van der Waals surface area contributed by atoms with Crippen LogP contribution in [-0.2, 0) is 20.9 Å². The molecule has 0 unspecified atom stereocenters. The van der Waals surface area contributed by atoms with Gasteiger partial charge in [-0.25, -0.2) is 0 Å². The number of amides is 2. The van der Waals surface area contributed by atoms with E-state index in [4.69, 9.17) is 32.7 Å². The first-order chi connectivity index (χ1) is 13.8. The molecular formula is C20H20Cl2N2O5. The van der Waals surface area contributed by atoms with Crippen molar-refractivity contribution in [2.75, 3.05) is 20.2 Å². The van der Waals surface area contributed by atoms with Crippen LogP contribution in [0.4, 0.5) is 0 Å². The maximum absolute atomic E-state index is 12.0. The zero-order valence-electron chi connectivity index (χ0n) is 15.9. The summed E-state index contributed by atoms with van der Waals surface area (Å²) in [5, 5.41) is 5.36. The van der Waals surface area contributed by atoms with Crippen molar-refractivity contribution < 1.29 is 23.9 Å². The number of benzene rings is 2. The summed E-state index contributed by atoms with van der Waals surface area (Å²) in [6, 6.07) is 9.92. The van der Waals surface area contributed by atoms with Crippen LogP contribution in [0.15, 0.2) is 36.4 Å². The lowest BCUT2D eigenvalue weighted by molar-refractivity contribution is -0.145. The van der Waals surface area contributed by atoms with Gasteiger partial charge in [0.25, 0.3) is 5.91 Å². The lowest BCUT2D eigenvalue weighted by atomic mass is 10.1. The van der Waals surface area contributed by atoms with Crippen LogP contribution < -0.4 is 15.4 Å². The Bertz CT molecular complexity index is 918. The van der Waals surface area contributed by atoms with Crippen LogP contribution in [0, 0.1) is 6.92 Å². The summed E-state index contributed by atoms with van der Waals surface area (Å²) >= 11 is 11.7. The van der Waals surface area contributed by atoms with Gasteiger partial charge in [-0.15, -0.1) is 0 Å². The number of rotatable bonds is 8. The number of nitrogens with one attached hydrogen (secondary N) is 2. The predicted molar refractivity (Wildman–Crippen MR) is 109 cm³/mol. The summed E-state index contributed by atoms with van der Waals surface area (Å²) in [7, 11) is 1.53. The highest BCUT2D eigenvalue weighted by Crippen LogP contribution is 2.21. The predicted octanol–water partition coefficient (Wildman–Crippen LogP) is 2.90. The van der Waals surface area contributed by atoms with Crippen LogP contribution in [0.1, 0.15) is 21.5 Å². The number of methoxy groups -OCH3 is 1. The van der Waals surface area contributed by atoms with E-state index in [9.17, 15) is 14.4 Å². The molecule has 2 aromatic rings. The first kappa shape index (κ1) is 22.5. The topological polar surface area (TPSA) is 93.7 Å². The smallest absolute Gasteiger partial charge is 0.325 e. The third-order valence-electron chi connectivity index (χ3n) is 3.84. The van der Waals surface area contributed by atoms with Gasteiger partial charge in [0.05, 0.1) is 24.2 Å². The minimum Gasteiger partial charge on any atom is -0.496 e. The van der Waals surface area contributed by atoms with E-state index in [0.29, 0.717) is 10.8 Å². The van der Waals surface area contributed by atoms with Crippen LogP contribution in [0.2, 0.25) is 10.0 Å². The highest BCUT2D eigenvalue weighted by atomic mass is 35.5. The van der Waals surface area contributed by atoms with Gasteiger partial charge in [-0.1, -0.05) is 34.8 Å². The van der Waals surface area contributed by atoms with Gasteiger partial charge in [0, 0.05) is 10.6 Å². The van der Waals surface area contributed by atoms with E-state index in [1.165, 1.54) is 25.3 Å². The second-order valence-corrected chi connectivity index (χ2v) is 6.90. The molecule has 0 radical (unpaired) electrons. The number of aryl methyl sites for hydroxylation is 1. The Hall–Kier alpha value is -2.77. The molecule has 2 aromatic carbocycles. The summed E-state index contributed by atoms with van der Waals surface area (Å²) in [6.07, 6.45) is 0. The summed E-state index contributed by atoms with van der Waals surface area (Å²) < 4.78 is 10.4. The van der Waals surface area contributed by atoms with E-state index >= 15 is 0 Å². The zero-order valence-corrected chi connectivity index (χ0v) is 17.4. The van der Waals surface area contributed by atoms with Crippen LogP contribution in [0.25, 0.3) is 0 Å². The first-order valence-electron chi connectivity index (χ1n) is 8.59. The summed E-state index contributed by atoms with van der Waals surface area (Å²) in [4.78, 5) is 35.7. The molecule has 29 heavy (non-hydrogen) atoms. The van der Waals surface area contributed by atoms with Gasteiger partial charge in [-0.2, -0.15) is 0 Å². The van der Waals surface area contributed by atoms with Gasteiger partial charge in [0.1, 0.15) is 18.9 Å². The molecule has 0 aliphatic heterocycles. The highest BCUT2D eigenvalue weighted by molar-refractivity contribution is 6.36. The van der Waals surface area contributed by atoms with Crippen molar-refractivity contribution in [1.29, 1.82) is 0 Å². The molecule has 2 N–H and O–H groups in total. The molecule has 0 fully saturated rings. The second-order valence-electron chi connectivity index (χ2n) is 6.06. The molecule has 0 aromatic heterocycles. The molecule has 0 saturated heterocycles. The minimum atomic E-state index is -0.617. The molecule has 0 heterocycles. The number of hydrogen-bond acceptors (Lipinski definition) is 5. The van der Waals surface area contributed by atoms with Crippen molar-refractivity contribution >= 4 is 41.0 Å². The first-order valence-corrected chi connectivity index (χ1v) is 9.35. The van der Waals surface area contributed by atoms with Crippen molar-refractivity contribution in [1.82, 2.24) is 10.6 Å². The summed E-state index contributed by atoms with van der Waals surface area (Å²) in [5.74, 6) is -1.09. The monoisotopic (exact) mass is 438 g/mol. The fourth-order valence-corrected chi connectivity index (χ4v) is 2.89. The van der Waals surface area contributed by atoms with Crippen molar-refractivity contribution in [3.05, 3.63) is 63.1 Å². The fraction of sp³-hybridized carbons (Fsp3) is 0.250. The summed E-state index contributed by atoms with van der Waals surface area (Å²) in [6.45, 7) is 1.28. The average molecular weight is 439 g/mol. The average Bonchev–Trinajstić information content (AvgIpc) is 2.69. The Balaban J connectivity index is 1.75. The number of hydrogen-bond donors (Lipinski definition) is 2. The molecule has 0 aliphatic carbocycles. The largest absolute Gasteiger partial charge is 0.496 e. The van der Waals surface area contributed by atoms with E-state index < -0.39 is 17.8 Å². The molecule has 0 aliphatic rings. The van der Waals surface area contributed by atoms with Crippen molar-refractivity contribution in [3.63, 3.8) is 0 Å². The minimum absolute atomic E-state index is 0.0192. The van der Waals surface area contributed by atoms with Gasteiger partial charge in [-0.3, -0.25) is 14.4 Å². The van der Waals surface area contributed by atoms with E-state index in [-0.39, 0.29) is 30.3 Å². The Morgan fingerprint density at radius 1 is 1.00 bits per heavy atom. The molecule has 0 atom stereocenters. The molecular weight excluding hydrogens is 419 g/mol. The van der Waals surface area contributed by atoms with Gasteiger partial charge in [0.15, 0.2) is 0 Å². The van der Waals surface area contributed by atoms with Crippen LogP contribution in [-0.4, -0.2) is 38.0 Å². The fourth-order valence-electron chi connectivity index (χ4n) is 2.39. The number of ether oxygens (including phenoxy) is 2. The lowest BCUT2D eigenvalue weighted by Crippen LogP contribution is -2.39. The molecule has 7 nitrogen and oxygen atoms in total. The molecule has 0 saturated carbocycles. The van der Waals surface area contributed by atoms with Crippen LogP contribution >= 0.6 is 23.2 Å².